The third-order valence-corrected chi connectivity index (χ3v) is 4.23. The lowest BCUT2D eigenvalue weighted by Crippen LogP contribution is -2.30. The van der Waals surface area contributed by atoms with Gasteiger partial charge >= 0.3 is 0 Å². The van der Waals surface area contributed by atoms with Crippen LogP contribution in [0.25, 0.3) is 0 Å². The molecule has 1 saturated heterocycles. The van der Waals surface area contributed by atoms with E-state index in [1.807, 2.05) is 12.1 Å². The van der Waals surface area contributed by atoms with Crippen molar-refractivity contribution in [3.05, 3.63) is 35.4 Å². The summed E-state index contributed by atoms with van der Waals surface area (Å²) in [6.45, 7) is 7.87. The van der Waals surface area contributed by atoms with Crippen molar-refractivity contribution in [2.45, 2.75) is 51.9 Å². The highest BCUT2D eigenvalue weighted by molar-refractivity contribution is 5.96. The molecule has 0 radical (unpaired) electrons. The molecule has 2 nitrogen and oxygen atoms in total. The highest BCUT2D eigenvalue weighted by Gasteiger charge is 2.11. The van der Waals surface area contributed by atoms with Crippen LogP contribution in [0, 0.1) is 0 Å². The Bertz CT molecular complexity index is 416. The van der Waals surface area contributed by atoms with E-state index in [9.17, 15) is 4.79 Å². The molecule has 0 atom stereocenters. The van der Waals surface area contributed by atoms with Crippen LogP contribution in [-0.4, -0.2) is 30.3 Å². The van der Waals surface area contributed by atoms with Crippen molar-refractivity contribution in [1.29, 1.82) is 0 Å². The highest BCUT2D eigenvalue weighted by Crippen LogP contribution is 2.16. The predicted molar refractivity (Wildman–Crippen MR) is 84.4 cm³/mol. The van der Waals surface area contributed by atoms with Gasteiger partial charge in [-0.25, -0.2) is 0 Å². The molecule has 0 aromatic heterocycles. The zero-order valence-electron chi connectivity index (χ0n) is 12.9. The topological polar surface area (TPSA) is 20.3 Å². The fourth-order valence-electron chi connectivity index (χ4n) is 2.84. The first-order valence-corrected chi connectivity index (χ1v) is 8.02. The Labute approximate surface area is 123 Å². The third-order valence-electron chi connectivity index (χ3n) is 4.23. The van der Waals surface area contributed by atoms with Gasteiger partial charge in [-0.3, -0.25) is 4.79 Å². The molecule has 0 unspecified atom stereocenters. The Morgan fingerprint density at radius 2 is 1.75 bits per heavy atom. The van der Waals surface area contributed by atoms with Crippen LogP contribution in [0.3, 0.4) is 0 Å². The van der Waals surface area contributed by atoms with Crippen molar-refractivity contribution in [2.24, 2.45) is 0 Å². The standard InChI is InChI=1S/C18H27NO/c1-15(2)16-8-10-17(11-9-16)18(20)7-6-14-19-12-4-3-5-13-19/h8-11,15H,3-7,12-14H2,1-2H3. The summed E-state index contributed by atoms with van der Waals surface area (Å²) < 4.78 is 0. The number of carbonyl (C=O) groups excluding carboxylic acids is 1. The van der Waals surface area contributed by atoms with Gasteiger partial charge in [-0.15, -0.1) is 0 Å². The molecule has 110 valence electrons. The Balaban J connectivity index is 1.76. The van der Waals surface area contributed by atoms with Gasteiger partial charge in [0.1, 0.15) is 0 Å². The smallest absolute Gasteiger partial charge is 0.162 e. The van der Waals surface area contributed by atoms with E-state index in [1.165, 1.54) is 37.9 Å². The van der Waals surface area contributed by atoms with Crippen molar-refractivity contribution in [3.8, 4) is 0 Å². The highest BCUT2D eigenvalue weighted by atomic mass is 16.1. The van der Waals surface area contributed by atoms with Gasteiger partial charge in [0.05, 0.1) is 0 Å². The maximum atomic E-state index is 12.1. The Morgan fingerprint density at radius 3 is 2.35 bits per heavy atom. The average molecular weight is 273 g/mol. The second-order valence-electron chi connectivity index (χ2n) is 6.21. The van der Waals surface area contributed by atoms with E-state index in [4.69, 9.17) is 0 Å². The van der Waals surface area contributed by atoms with Gasteiger partial charge in [0.15, 0.2) is 5.78 Å². The number of rotatable bonds is 6. The van der Waals surface area contributed by atoms with Crippen molar-refractivity contribution in [2.75, 3.05) is 19.6 Å². The van der Waals surface area contributed by atoms with Gasteiger partial charge in [0.25, 0.3) is 0 Å². The van der Waals surface area contributed by atoms with Crippen molar-refractivity contribution >= 4 is 5.78 Å². The zero-order chi connectivity index (χ0) is 14.4. The minimum atomic E-state index is 0.289. The van der Waals surface area contributed by atoms with Crippen molar-refractivity contribution in [1.82, 2.24) is 4.90 Å². The summed E-state index contributed by atoms with van der Waals surface area (Å²) in [5, 5.41) is 0. The summed E-state index contributed by atoms with van der Waals surface area (Å²) in [5.41, 5.74) is 2.17. The van der Waals surface area contributed by atoms with E-state index in [1.54, 1.807) is 0 Å². The van der Waals surface area contributed by atoms with E-state index < -0.39 is 0 Å². The molecule has 20 heavy (non-hydrogen) atoms. The van der Waals surface area contributed by atoms with Crippen LogP contribution < -0.4 is 0 Å². The SMILES string of the molecule is CC(C)c1ccc(C(=O)CCCN2CCCCC2)cc1. The quantitative estimate of drug-likeness (QED) is 0.722. The number of ketones is 1. The van der Waals surface area contributed by atoms with E-state index in [0.29, 0.717) is 12.3 Å². The molecule has 0 N–H and O–H groups in total. The van der Waals surface area contributed by atoms with Crippen LogP contribution in [0.2, 0.25) is 0 Å². The third kappa shape index (κ3) is 4.45. The molecule has 1 aliphatic rings. The van der Waals surface area contributed by atoms with Crippen molar-refractivity contribution in [3.63, 3.8) is 0 Å². The molecule has 0 spiro atoms. The molecule has 1 fully saturated rings. The molecule has 0 amide bonds. The normalized spacial score (nSPS) is 16.6. The second-order valence-corrected chi connectivity index (χ2v) is 6.21. The maximum absolute atomic E-state index is 12.1. The number of hydrogen-bond donors (Lipinski definition) is 0. The number of likely N-dealkylation sites (tertiary alicyclic amines) is 1. The number of benzene rings is 1. The van der Waals surface area contributed by atoms with Crippen LogP contribution in [-0.2, 0) is 0 Å². The Hall–Kier alpha value is -1.15. The molecule has 1 aliphatic heterocycles. The second kappa shape index (κ2) is 7.58. The molecule has 0 aliphatic carbocycles. The van der Waals surface area contributed by atoms with Crippen LogP contribution in [0.4, 0.5) is 0 Å². The van der Waals surface area contributed by atoms with Gasteiger partial charge in [-0.1, -0.05) is 44.5 Å². The molecule has 2 rings (SSSR count). The van der Waals surface area contributed by atoms with E-state index in [0.717, 1.165) is 18.5 Å². The lowest BCUT2D eigenvalue weighted by atomic mass is 9.99. The Morgan fingerprint density at radius 1 is 1.10 bits per heavy atom. The first kappa shape index (κ1) is 15.2. The van der Waals surface area contributed by atoms with Crippen LogP contribution in [0.15, 0.2) is 24.3 Å². The predicted octanol–water partition coefficient (Wildman–Crippen LogP) is 4.26. The summed E-state index contributed by atoms with van der Waals surface area (Å²) >= 11 is 0. The molecule has 1 aromatic rings. The lowest BCUT2D eigenvalue weighted by molar-refractivity contribution is 0.0973. The average Bonchev–Trinajstić information content (AvgIpc) is 2.48. The summed E-state index contributed by atoms with van der Waals surface area (Å²) in [7, 11) is 0. The molecular formula is C18H27NO. The van der Waals surface area contributed by atoms with Gasteiger partial charge in [-0.05, 0) is 50.4 Å². The molecule has 1 heterocycles. The van der Waals surface area contributed by atoms with Crippen LogP contribution in [0.1, 0.15) is 67.8 Å². The van der Waals surface area contributed by atoms with Gasteiger partial charge in [0.2, 0.25) is 0 Å². The molecular weight excluding hydrogens is 246 g/mol. The van der Waals surface area contributed by atoms with E-state index in [-0.39, 0.29) is 5.78 Å². The largest absolute Gasteiger partial charge is 0.303 e. The fraction of sp³-hybridized carbons (Fsp3) is 0.611. The van der Waals surface area contributed by atoms with E-state index in [2.05, 4.69) is 30.9 Å². The first-order valence-electron chi connectivity index (χ1n) is 8.02. The van der Waals surface area contributed by atoms with Gasteiger partial charge in [-0.2, -0.15) is 0 Å². The molecule has 0 saturated carbocycles. The lowest BCUT2D eigenvalue weighted by Gasteiger charge is -2.26. The monoisotopic (exact) mass is 273 g/mol. The van der Waals surface area contributed by atoms with E-state index >= 15 is 0 Å². The summed E-state index contributed by atoms with van der Waals surface area (Å²) in [6, 6.07) is 8.14. The Kier molecular flexibility index (Phi) is 5.78. The van der Waals surface area contributed by atoms with Gasteiger partial charge in [0, 0.05) is 12.0 Å². The minimum Gasteiger partial charge on any atom is -0.303 e. The fourth-order valence-corrected chi connectivity index (χ4v) is 2.84. The number of hydrogen-bond acceptors (Lipinski definition) is 2. The summed E-state index contributed by atoms with van der Waals surface area (Å²) in [4.78, 5) is 14.6. The minimum absolute atomic E-state index is 0.289. The summed E-state index contributed by atoms with van der Waals surface area (Å²) in [5.74, 6) is 0.815. The number of nitrogens with zero attached hydrogens (tertiary/aromatic N) is 1. The zero-order valence-corrected chi connectivity index (χ0v) is 12.9. The van der Waals surface area contributed by atoms with Crippen molar-refractivity contribution < 1.29 is 4.79 Å². The number of Topliss-reactive ketones (excluding diaryl/α,β-unsaturated/α-hetero) is 1. The first-order chi connectivity index (χ1) is 9.66. The molecule has 0 bridgehead atoms. The summed E-state index contributed by atoms with van der Waals surface area (Å²) in [6.07, 6.45) is 5.69. The maximum Gasteiger partial charge on any atom is 0.162 e. The van der Waals surface area contributed by atoms with Gasteiger partial charge < -0.3 is 4.90 Å². The molecule has 1 aromatic carbocycles. The number of piperidine rings is 1. The number of carbonyl (C=O) groups is 1. The van der Waals surface area contributed by atoms with Crippen LogP contribution in [0.5, 0.6) is 0 Å². The molecule has 2 heteroatoms. The van der Waals surface area contributed by atoms with Crippen LogP contribution >= 0.6 is 0 Å².